The van der Waals surface area contributed by atoms with Gasteiger partial charge < -0.3 is 10.4 Å². The molecule has 0 heterocycles. The maximum Gasteiger partial charge on any atom is 0.216 e. The second-order valence-electron chi connectivity index (χ2n) is 4.29. The van der Waals surface area contributed by atoms with Gasteiger partial charge in [0.15, 0.2) is 5.78 Å². The van der Waals surface area contributed by atoms with Crippen molar-refractivity contribution < 1.29 is 14.7 Å². The molecular formula is C14H17NO3. The Labute approximate surface area is 106 Å². The smallest absolute Gasteiger partial charge is 0.216 e. The van der Waals surface area contributed by atoms with E-state index >= 15 is 0 Å². The van der Waals surface area contributed by atoms with Crippen LogP contribution in [0.2, 0.25) is 0 Å². The minimum atomic E-state index is -1.59. The zero-order valence-electron chi connectivity index (χ0n) is 10.5. The van der Waals surface area contributed by atoms with E-state index in [1.54, 1.807) is 6.08 Å². The fraction of sp³-hybridized carbons (Fsp3) is 0.286. The molecule has 1 amide bonds. The summed E-state index contributed by atoms with van der Waals surface area (Å²) in [6.45, 7) is 2.61. The Kier molecular flexibility index (Phi) is 4.80. The van der Waals surface area contributed by atoms with Crippen LogP contribution in [0.4, 0.5) is 0 Å². The molecule has 4 heteroatoms. The molecule has 0 fully saturated rings. The molecule has 96 valence electrons. The lowest BCUT2D eigenvalue weighted by Crippen LogP contribution is -2.45. The molecular weight excluding hydrogens is 230 g/mol. The summed E-state index contributed by atoms with van der Waals surface area (Å²) in [6.07, 6.45) is 2.95. The van der Waals surface area contributed by atoms with Gasteiger partial charge in [-0.2, -0.15) is 0 Å². The van der Waals surface area contributed by atoms with Crippen molar-refractivity contribution in [3.63, 3.8) is 0 Å². The van der Waals surface area contributed by atoms with Crippen molar-refractivity contribution >= 4 is 17.8 Å². The summed E-state index contributed by atoms with van der Waals surface area (Å²) >= 11 is 0. The summed E-state index contributed by atoms with van der Waals surface area (Å²) in [4.78, 5) is 22.5. The number of amides is 1. The third-order valence-corrected chi connectivity index (χ3v) is 2.44. The molecule has 0 aliphatic carbocycles. The second-order valence-corrected chi connectivity index (χ2v) is 4.29. The summed E-state index contributed by atoms with van der Waals surface area (Å²) in [7, 11) is 0. The first-order valence-electron chi connectivity index (χ1n) is 5.66. The molecule has 0 aliphatic rings. The van der Waals surface area contributed by atoms with Crippen molar-refractivity contribution in [1.29, 1.82) is 0 Å². The zero-order chi connectivity index (χ0) is 13.6. The van der Waals surface area contributed by atoms with Crippen LogP contribution in [0.25, 0.3) is 6.08 Å². The van der Waals surface area contributed by atoms with Gasteiger partial charge in [0, 0.05) is 6.92 Å². The number of carbonyl (C=O) groups is 2. The van der Waals surface area contributed by atoms with Gasteiger partial charge in [-0.25, -0.2) is 0 Å². The molecule has 18 heavy (non-hydrogen) atoms. The highest BCUT2D eigenvalue weighted by Gasteiger charge is 2.27. The Morgan fingerprint density at radius 3 is 2.50 bits per heavy atom. The largest absolute Gasteiger partial charge is 0.380 e. The standard InChI is InChI=1S/C14H17NO3/c1-11(16)15-10-14(2,18)13(17)9-8-12-6-4-3-5-7-12/h3-9,18H,10H2,1-2H3,(H,15,16)/b9-8+. The van der Waals surface area contributed by atoms with Gasteiger partial charge in [0.25, 0.3) is 0 Å². The first kappa shape index (κ1) is 14.1. The van der Waals surface area contributed by atoms with Crippen LogP contribution >= 0.6 is 0 Å². The maximum atomic E-state index is 11.8. The molecule has 0 saturated heterocycles. The summed E-state index contributed by atoms with van der Waals surface area (Å²) < 4.78 is 0. The van der Waals surface area contributed by atoms with Gasteiger partial charge in [0.05, 0.1) is 6.54 Å². The zero-order valence-corrected chi connectivity index (χ0v) is 10.5. The number of carbonyl (C=O) groups excluding carboxylic acids is 2. The van der Waals surface area contributed by atoms with E-state index in [-0.39, 0.29) is 12.5 Å². The first-order valence-corrected chi connectivity index (χ1v) is 5.66. The highest BCUT2D eigenvalue weighted by atomic mass is 16.3. The molecule has 0 aliphatic heterocycles. The number of rotatable bonds is 5. The predicted octanol–water partition coefficient (Wildman–Crippen LogP) is 1.16. The fourth-order valence-electron chi connectivity index (χ4n) is 1.30. The molecule has 0 radical (unpaired) electrons. The van der Waals surface area contributed by atoms with Crippen LogP contribution in [0.1, 0.15) is 19.4 Å². The predicted molar refractivity (Wildman–Crippen MR) is 69.8 cm³/mol. The van der Waals surface area contributed by atoms with Gasteiger partial charge in [0.1, 0.15) is 5.60 Å². The van der Waals surface area contributed by atoms with Gasteiger partial charge >= 0.3 is 0 Å². The van der Waals surface area contributed by atoms with E-state index in [2.05, 4.69) is 5.32 Å². The van der Waals surface area contributed by atoms with Crippen LogP contribution < -0.4 is 5.32 Å². The Hall–Kier alpha value is -1.94. The van der Waals surface area contributed by atoms with Crippen LogP contribution in [0, 0.1) is 0 Å². The minimum Gasteiger partial charge on any atom is -0.380 e. The van der Waals surface area contributed by atoms with Crippen LogP contribution in [-0.2, 0) is 9.59 Å². The maximum absolute atomic E-state index is 11.8. The van der Waals surface area contributed by atoms with E-state index in [9.17, 15) is 14.7 Å². The van der Waals surface area contributed by atoms with Crippen molar-refractivity contribution in [1.82, 2.24) is 5.32 Å². The Bertz CT molecular complexity index is 449. The summed E-state index contributed by atoms with van der Waals surface area (Å²) in [5.74, 6) is -0.727. The van der Waals surface area contributed by atoms with Crippen molar-refractivity contribution in [3.8, 4) is 0 Å². The SMILES string of the molecule is CC(=O)NCC(C)(O)C(=O)/C=C/c1ccccc1. The molecule has 1 aromatic rings. The average Bonchev–Trinajstić information content (AvgIpc) is 2.35. The molecule has 1 atom stereocenters. The Morgan fingerprint density at radius 2 is 1.94 bits per heavy atom. The van der Waals surface area contributed by atoms with E-state index in [1.807, 2.05) is 30.3 Å². The number of nitrogens with one attached hydrogen (secondary N) is 1. The van der Waals surface area contributed by atoms with Crippen LogP contribution in [0.15, 0.2) is 36.4 Å². The van der Waals surface area contributed by atoms with Crippen molar-refractivity contribution in [2.24, 2.45) is 0 Å². The van der Waals surface area contributed by atoms with Crippen molar-refractivity contribution in [2.45, 2.75) is 19.4 Å². The summed E-state index contributed by atoms with van der Waals surface area (Å²) in [6, 6.07) is 9.31. The molecule has 2 N–H and O–H groups in total. The van der Waals surface area contributed by atoms with Gasteiger partial charge in [-0.05, 0) is 18.6 Å². The highest BCUT2D eigenvalue weighted by Crippen LogP contribution is 2.07. The van der Waals surface area contributed by atoms with E-state index < -0.39 is 11.4 Å². The summed E-state index contributed by atoms with van der Waals surface area (Å²) in [5.41, 5.74) is -0.710. The van der Waals surface area contributed by atoms with Crippen LogP contribution in [-0.4, -0.2) is 28.9 Å². The molecule has 0 spiro atoms. The number of aliphatic hydroxyl groups is 1. The number of hydrogen-bond acceptors (Lipinski definition) is 3. The van der Waals surface area contributed by atoms with E-state index in [0.29, 0.717) is 0 Å². The van der Waals surface area contributed by atoms with Crippen molar-refractivity contribution in [3.05, 3.63) is 42.0 Å². The Balaban J connectivity index is 2.64. The van der Waals surface area contributed by atoms with Gasteiger partial charge in [-0.1, -0.05) is 36.4 Å². The molecule has 1 aromatic carbocycles. The molecule has 4 nitrogen and oxygen atoms in total. The van der Waals surface area contributed by atoms with E-state index in [0.717, 1.165) is 5.56 Å². The van der Waals surface area contributed by atoms with Crippen LogP contribution in [0.3, 0.4) is 0 Å². The number of benzene rings is 1. The quantitative estimate of drug-likeness (QED) is 0.767. The fourth-order valence-corrected chi connectivity index (χ4v) is 1.30. The lowest BCUT2D eigenvalue weighted by atomic mass is 10.00. The molecule has 1 unspecified atom stereocenters. The normalized spacial score (nSPS) is 14.2. The number of ketones is 1. The highest BCUT2D eigenvalue weighted by molar-refractivity contribution is 6.00. The molecule has 0 saturated carbocycles. The minimum absolute atomic E-state index is 0.0969. The number of hydrogen-bond donors (Lipinski definition) is 2. The average molecular weight is 247 g/mol. The third-order valence-electron chi connectivity index (χ3n) is 2.44. The van der Waals surface area contributed by atoms with Crippen LogP contribution in [0.5, 0.6) is 0 Å². The van der Waals surface area contributed by atoms with E-state index in [4.69, 9.17) is 0 Å². The molecule has 0 bridgehead atoms. The Morgan fingerprint density at radius 1 is 1.33 bits per heavy atom. The topological polar surface area (TPSA) is 66.4 Å². The monoisotopic (exact) mass is 247 g/mol. The molecule has 1 rings (SSSR count). The first-order chi connectivity index (χ1) is 8.42. The summed E-state index contributed by atoms with van der Waals surface area (Å²) in [5, 5.41) is 12.3. The lowest BCUT2D eigenvalue weighted by Gasteiger charge is -2.19. The third kappa shape index (κ3) is 4.51. The van der Waals surface area contributed by atoms with E-state index in [1.165, 1.54) is 19.9 Å². The molecule has 0 aromatic heterocycles. The lowest BCUT2D eigenvalue weighted by molar-refractivity contribution is -0.131. The second kappa shape index (κ2) is 6.12. The van der Waals surface area contributed by atoms with Gasteiger partial charge in [0.2, 0.25) is 5.91 Å². The van der Waals surface area contributed by atoms with Gasteiger partial charge in [-0.3, -0.25) is 9.59 Å². The van der Waals surface area contributed by atoms with Gasteiger partial charge in [-0.15, -0.1) is 0 Å². The van der Waals surface area contributed by atoms with Crippen molar-refractivity contribution in [2.75, 3.05) is 6.54 Å².